The Balaban J connectivity index is 2.26. The molecule has 0 spiro atoms. The van der Waals surface area contributed by atoms with Crippen LogP contribution in [0, 0.1) is 0 Å². The normalized spacial score (nSPS) is 10.7. The standard InChI is InChI=1S/C14H14N2O6S2/c1-2-22-9(20)3-6(17)5-23-14-10(13(15)21)11-12(24-14)7(18)4-8(19)16-11/h4H,2-3,5H2,1H3,(H2,15,21)(H2,16,18,19). The first kappa shape index (κ1) is 18.0. The van der Waals surface area contributed by atoms with E-state index < -0.39 is 17.4 Å². The first-order valence-corrected chi connectivity index (χ1v) is 8.62. The second kappa shape index (κ2) is 7.49. The monoisotopic (exact) mass is 370 g/mol. The summed E-state index contributed by atoms with van der Waals surface area (Å²) in [6.45, 7) is 1.83. The average Bonchev–Trinajstić information content (AvgIpc) is 2.84. The molecule has 0 saturated carbocycles. The fourth-order valence-electron chi connectivity index (χ4n) is 1.95. The van der Waals surface area contributed by atoms with E-state index in [2.05, 4.69) is 4.98 Å². The van der Waals surface area contributed by atoms with Gasteiger partial charge in [-0.05, 0) is 6.92 Å². The minimum absolute atomic E-state index is 0.0388. The number of primary amides is 1. The van der Waals surface area contributed by atoms with Gasteiger partial charge in [0, 0.05) is 6.07 Å². The maximum absolute atomic E-state index is 11.8. The van der Waals surface area contributed by atoms with Crippen LogP contribution in [0.5, 0.6) is 5.75 Å². The summed E-state index contributed by atoms with van der Waals surface area (Å²) in [6.07, 6.45) is -0.361. The maximum Gasteiger partial charge on any atom is 0.313 e. The van der Waals surface area contributed by atoms with Crippen molar-refractivity contribution < 1.29 is 24.2 Å². The molecule has 8 nitrogen and oxygen atoms in total. The van der Waals surface area contributed by atoms with Crippen molar-refractivity contribution in [1.29, 1.82) is 0 Å². The molecule has 0 aliphatic carbocycles. The largest absolute Gasteiger partial charge is 0.506 e. The van der Waals surface area contributed by atoms with Gasteiger partial charge in [-0.1, -0.05) is 0 Å². The number of carbonyl (C=O) groups is 3. The maximum atomic E-state index is 11.8. The molecule has 0 aliphatic heterocycles. The fourth-order valence-corrected chi connectivity index (χ4v) is 4.27. The molecule has 2 aromatic heterocycles. The first-order valence-electron chi connectivity index (χ1n) is 6.82. The number of pyridine rings is 1. The number of fused-ring (bicyclic) bond motifs is 1. The van der Waals surface area contributed by atoms with Crippen LogP contribution in [-0.4, -0.2) is 40.1 Å². The van der Waals surface area contributed by atoms with Crippen LogP contribution in [0.1, 0.15) is 23.7 Å². The van der Waals surface area contributed by atoms with Crippen molar-refractivity contribution in [3.63, 3.8) is 0 Å². The number of aromatic nitrogens is 1. The minimum Gasteiger partial charge on any atom is -0.506 e. The predicted molar refractivity (Wildman–Crippen MR) is 89.6 cm³/mol. The van der Waals surface area contributed by atoms with Crippen LogP contribution in [0.15, 0.2) is 15.1 Å². The van der Waals surface area contributed by atoms with Crippen molar-refractivity contribution in [2.45, 2.75) is 17.6 Å². The number of hydrogen-bond donors (Lipinski definition) is 3. The summed E-state index contributed by atoms with van der Waals surface area (Å²) in [5, 5.41) is 9.83. The number of H-pyrrole nitrogens is 1. The van der Waals surface area contributed by atoms with Gasteiger partial charge < -0.3 is 20.6 Å². The lowest BCUT2D eigenvalue weighted by atomic mass is 10.2. The van der Waals surface area contributed by atoms with E-state index in [9.17, 15) is 24.3 Å². The third-order valence-corrected chi connectivity index (χ3v) is 5.43. The highest BCUT2D eigenvalue weighted by atomic mass is 32.2. The molecule has 0 fully saturated rings. The Morgan fingerprint density at radius 3 is 2.75 bits per heavy atom. The second-order valence-electron chi connectivity index (χ2n) is 4.66. The molecule has 2 aromatic rings. The van der Waals surface area contributed by atoms with Crippen molar-refractivity contribution in [3.05, 3.63) is 22.0 Å². The average molecular weight is 370 g/mol. The highest BCUT2D eigenvalue weighted by Crippen LogP contribution is 2.40. The molecule has 24 heavy (non-hydrogen) atoms. The van der Waals surface area contributed by atoms with E-state index in [0.29, 0.717) is 8.91 Å². The number of thiophene rings is 1. The number of aromatic hydroxyl groups is 1. The highest BCUT2D eigenvalue weighted by Gasteiger charge is 2.21. The fraction of sp³-hybridized carbons (Fsp3) is 0.286. The smallest absolute Gasteiger partial charge is 0.313 e. The van der Waals surface area contributed by atoms with Gasteiger partial charge in [0.1, 0.15) is 12.2 Å². The number of nitrogens with one attached hydrogen (secondary N) is 1. The third-order valence-electron chi connectivity index (χ3n) is 2.88. The van der Waals surface area contributed by atoms with Crippen LogP contribution in [0.3, 0.4) is 0 Å². The third kappa shape index (κ3) is 3.95. The molecular formula is C14H14N2O6S2. The van der Waals surface area contributed by atoms with Crippen molar-refractivity contribution in [2.75, 3.05) is 12.4 Å². The van der Waals surface area contributed by atoms with Gasteiger partial charge in [-0.25, -0.2) is 0 Å². The van der Waals surface area contributed by atoms with Gasteiger partial charge in [0.15, 0.2) is 5.78 Å². The van der Waals surface area contributed by atoms with E-state index in [1.54, 1.807) is 6.92 Å². The molecule has 0 bridgehead atoms. The number of esters is 1. The molecule has 0 radical (unpaired) electrons. The van der Waals surface area contributed by atoms with Crippen molar-refractivity contribution in [1.82, 2.24) is 4.98 Å². The number of thioether (sulfide) groups is 1. The number of hydrogen-bond acceptors (Lipinski definition) is 8. The molecule has 0 aromatic carbocycles. The lowest BCUT2D eigenvalue weighted by molar-refractivity contribution is -0.145. The number of carbonyl (C=O) groups excluding carboxylic acids is 3. The topological polar surface area (TPSA) is 140 Å². The Hall–Kier alpha value is -2.33. The summed E-state index contributed by atoms with van der Waals surface area (Å²) >= 11 is 2.04. The molecule has 4 N–H and O–H groups in total. The number of aromatic amines is 1. The van der Waals surface area contributed by atoms with E-state index in [1.807, 2.05) is 0 Å². The van der Waals surface area contributed by atoms with E-state index in [4.69, 9.17) is 10.5 Å². The zero-order valence-corrected chi connectivity index (χ0v) is 14.2. The second-order valence-corrected chi connectivity index (χ2v) is 6.93. The Bertz CT molecular complexity index is 870. The van der Waals surface area contributed by atoms with Gasteiger partial charge in [0.2, 0.25) is 0 Å². The number of ketones is 1. The molecule has 10 heteroatoms. The summed E-state index contributed by atoms with van der Waals surface area (Å²) in [5.41, 5.74) is 4.95. The number of rotatable bonds is 7. The van der Waals surface area contributed by atoms with Crippen molar-refractivity contribution in [2.24, 2.45) is 5.73 Å². The van der Waals surface area contributed by atoms with Crippen LogP contribution < -0.4 is 11.3 Å². The van der Waals surface area contributed by atoms with Gasteiger partial charge in [-0.15, -0.1) is 23.1 Å². The van der Waals surface area contributed by atoms with Gasteiger partial charge in [0.05, 0.1) is 32.3 Å². The summed E-state index contributed by atoms with van der Waals surface area (Å²) in [4.78, 5) is 48.6. The molecule has 2 heterocycles. The number of amides is 1. The van der Waals surface area contributed by atoms with Gasteiger partial charge in [-0.3, -0.25) is 19.2 Å². The Kier molecular flexibility index (Phi) is 5.62. The van der Waals surface area contributed by atoms with Crippen LogP contribution >= 0.6 is 23.1 Å². The number of Topliss-reactive ketones (excluding diaryl/α,β-unsaturated/α-hetero) is 1. The van der Waals surface area contributed by atoms with E-state index in [-0.39, 0.29) is 41.4 Å². The lowest BCUT2D eigenvalue weighted by Crippen LogP contribution is -2.14. The molecule has 1 amide bonds. The molecule has 0 aliphatic rings. The predicted octanol–water partition coefficient (Wildman–Crippen LogP) is 1.01. The Morgan fingerprint density at radius 2 is 2.12 bits per heavy atom. The minimum atomic E-state index is -0.789. The Labute approximate surface area is 144 Å². The molecule has 128 valence electrons. The van der Waals surface area contributed by atoms with Crippen LogP contribution in [0.2, 0.25) is 0 Å². The summed E-state index contributed by atoms with van der Waals surface area (Å²) < 4.78 is 5.37. The summed E-state index contributed by atoms with van der Waals surface area (Å²) in [7, 11) is 0. The SMILES string of the molecule is CCOC(=O)CC(=O)CSc1sc2c(O)cc(=O)[nH]c2c1C(N)=O. The van der Waals surface area contributed by atoms with Gasteiger partial charge in [0.25, 0.3) is 11.5 Å². The van der Waals surface area contributed by atoms with Gasteiger partial charge in [-0.2, -0.15) is 0 Å². The summed E-state index contributed by atoms with van der Waals surface area (Å²) in [6, 6.07) is 0.990. The lowest BCUT2D eigenvalue weighted by Gasteiger charge is -2.02. The zero-order chi connectivity index (χ0) is 17.9. The molecule has 0 unspecified atom stereocenters. The van der Waals surface area contributed by atoms with Crippen molar-refractivity contribution in [3.8, 4) is 5.75 Å². The first-order chi connectivity index (χ1) is 11.3. The Morgan fingerprint density at radius 1 is 1.42 bits per heavy atom. The van der Waals surface area contributed by atoms with E-state index in [0.717, 1.165) is 29.2 Å². The van der Waals surface area contributed by atoms with Crippen LogP contribution in [-0.2, 0) is 14.3 Å². The quantitative estimate of drug-likeness (QED) is 0.375. The number of ether oxygens (including phenoxy) is 1. The van der Waals surface area contributed by atoms with Crippen LogP contribution in [0.4, 0.5) is 0 Å². The van der Waals surface area contributed by atoms with Gasteiger partial charge >= 0.3 is 5.97 Å². The highest BCUT2D eigenvalue weighted by molar-refractivity contribution is 8.02. The molecule has 0 saturated heterocycles. The van der Waals surface area contributed by atoms with Crippen molar-refractivity contribution >= 4 is 51.0 Å². The van der Waals surface area contributed by atoms with E-state index in [1.165, 1.54) is 0 Å². The van der Waals surface area contributed by atoms with Crippen LogP contribution in [0.25, 0.3) is 10.2 Å². The zero-order valence-electron chi connectivity index (χ0n) is 12.6. The molecule has 2 rings (SSSR count). The summed E-state index contributed by atoms with van der Waals surface area (Å²) in [5.74, 6) is -2.12. The molecular weight excluding hydrogens is 356 g/mol. The van der Waals surface area contributed by atoms with E-state index >= 15 is 0 Å². The number of nitrogens with two attached hydrogens (primary N) is 1. The molecule has 0 atom stereocenters.